The highest BCUT2D eigenvalue weighted by molar-refractivity contribution is 5.75. The average molecular weight is 172 g/mol. The molecule has 70 valence electrons. The van der Waals surface area contributed by atoms with Crippen LogP contribution in [0.5, 0.6) is 0 Å². The van der Waals surface area contributed by atoms with Crippen molar-refractivity contribution in [2.24, 2.45) is 0 Å². The van der Waals surface area contributed by atoms with Crippen LogP contribution in [0.2, 0.25) is 0 Å². The Balaban J connectivity index is 2.09. The molecule has 0 saturated carbocycles. The van der Waals surface area contributed by atoms with Gasteiger partial charge >= 0.3 is 0 Å². The van der Waals surface area contributed by atoms with E-state index in [1.165, 1.54) is 0 Å². The third-order valence-corrected chi connectivity index (χ3v) is 2.04. The monoisotopic (exact) mass is 172 g/mol. The van der Waals surface area contributed by atoms with Crippen LogP contribution in [0.15, 0.2) is 0 Å². The van der Waals surface area contributed by atoms with E-state index >= 15 is 0 Å². The first-order valence-electron chi connectivity index (χ1n) is 4.33. The zero-order valence-corrected chi connectivity index (χ0v) is 7.51. The second kappa shape index (κ2) is 5.11. The Morgan fingerprint density at radius 1 is 1.50 bits per heavy atom. The molecule has 1 aliphatic heterocycles. The van der Waals surface area contributed by atoms with Crippen LogP contribution in [0, 0.1) is 0 Å². The van der Waals surface area contributed by atoms with E-state index in [0.29, 0.717) is 6.42 Å². The van der Waals surface area contributed by atoms with Crippen LogP contribution < -0.4 is 5.32 Å². The number of carbonyl (C=O) groups excluding carboxylic acids is 1. The van der Waals surface area contributed by atoms with Crippen LogP contribution in [-0.2, 0) is 9.53 Å². The summed E-state index contributed by atoms with van der Waals surface area (Å²) in [6.45, 7) is 4.36. The Morgan fingerprint density at radius 3 is 2.75 bits per heavy atom. The molecule has 0 unspecified atom stereocenters. The van der Waals surface area contributed by atoms with Crippen molar-refractivity contribution in [2.45, 2.75) is 6.42 Å². The lowest BCUT2D eigenvalue weighted by Crippen LogP contribution is -2.38. The normalized spacial score (nSPS) is 19.1. The van der Waals surface area contributed by atoms with Gasteiger partial charge in [-0.25, -0.2) is 0 Å². The van der Waals surface area contributed by atoms with E-state index in [1.54, 1.807) is 7.05 Å². The number of carbonyl (C=O) groups is 1. The van der Waals surface area contributed by atoms with E-state index in [0.717, 1.165) is 32.8 Å². The minimum Gasteiger partial charge on any atom is -0.379 e. The largest absolute Gasteiger partial charge is 0.379 e. The van der Waals surface area contributed by atoms with Gasteiger partial charge in [0.15, 0.2) is 0 Å². The number of amides is 1. The van der Waals surface area contributed by atoms with Gasteiger partial charge in [-0.1, -0.05) is 0 Å². The van der Waals surface area contributed by atoms with Crippen molar-refractivity contribution < 1.29 is 9.53 Å². The third-order valence-electron chi connectivity index (χ3n) is 2.04. The number of rotatable bonds is 3. The molecule has 12 heavy (non-hydrogen) atoms. The summed E-state index contributed by atoms with van der Waals surface area (Å²) in [6, 6.07) is 0. The highest BCUT2D eigenvalue weighted by atomic mass is 16.5. The summed E-state index contributed by atoms with van der Waals surface area (Å²) < 4.78 is 5.19. The van der Waals surface area contributed by atoms with E-state index in [-0.39, 0.29) is 5.91 Å². The molecule has 0 radical (unpaired) electrons. The van der Waals surface area contributed by atoms with Crippen LogP contribution in [0.4, 0.5) is 0 Å². The van der Waals surface area contributed by atoms with Crippen molar-refractivity contribution in [3.8, 4) is 0 Å². The second-order valence-corrected chi connectivity index (χ2v) is 2.88. The van der Waals surface area contributed by atoms with Gasteiger partial charge in [0.1, 0.15) is 0 Å². The van der Waals surface area contributed by atoms with E-state index in [2.05, 4.69) is 10.2 Å². The molecule has 1 fully saturated rings. The number of morpholine rings is 1. The second-order valence-electron chi connectivity index (χ2n) is 2.88. The first kappa shape index (κ1) is 9.48. The molecule has 1 N–H and O–H groups in total. The third kappa shape index (κ3) is 3.19. The van der Waals surface area contributed by atoms with Crippen molar-refractivity contribution in [1.29, 1.82) is 0 Å². The topological polar surface area (TPSA) is 41.6 Å². The molecular weight excluding hydrogens is 156 g/mol. The summed E-state index contributed by atoms with van der Waals surface area (Å²) >= 11 is 0. The van der Waals surface area contributed by atoms with Gasteiger partial charge in [0, 0.05) is 33.1 Å². The molecule has 4 heteroatoms. The van der Waals surface area contributed by atoms with Crippen molar-refractivity contribution in [3.63, 3.8) is 0 Å². The summed E-state index contributed by atoms with van der Waals surface area (Å²) in [5.41, 5.74) is 0. The van der Waals surface area contributed by atoms with Gasteiger partial charge in [-0.15, -0.1) is 0 Å². The van der Waals surface area contributed by atoms with Gasteiger partial charge in [-0.2, -0.15) is 0 Å². The zero-order valence-electron chi connectivity index (χ0n) is 7.51. The molecule has 0 bridgehead atoms. The summed E-state index contributed by atoms with van der Waals surface area (Å²) in [4.78, 5) is 13.1. The highest BCUT2D eigenvalue weighted by Crippen LogP contribution is 1.97. The van der Waals surface area contributed by atoms with Crippen molar-refractivity contribution in [3.05, 3.63) is 0 Å². The Labute approximate surface area is 72.9 Å². The minimum absolute atomic E-state index is 0.112. The highest BCUT2D eigenvalue weighted by Gasteiger charge is 2.10. The number of hydrogen-bond acceptors (Lipinski definition) is 3. The fourth-order valence-electron chi connectivity index (χ4n) is 1.21. The van der Waals surface area contributed by atoms with Gasteiger partial charge in [0.2, 0.25) is 5.91 Å². The lowest BCUT2D eigenvalue weighted by Gasteiger charge is -2.25. The molecule has 0 spiro atoms. The average Bonchev–Trinajstić information content (AvgIpc) is 2.16. The maximum atomic E-state index is 10.9. The lowest BCUT2D eigenvalue weighted by atomic mass is 10.3. The van der Waals surface area contributed by atoms with E-state index < -0.39 is 0 Å². The smallest absolute Gasteiger partial charge is 0.221 e. The lowest BCUT2D eigenvalue weighted by molar-refractivity contribution is -0.121. The first-order valence-corrected chi connectivity index (χ1v) is 4.33. The Morgan fingerprint density at radius 2 is 2.17 bits per heavy atom. The molecule has 4 nitrogen and oxygen atoms in total. The van der Waals surface area contributed by atoms with Crippen LogP contribution >= 0.6 is 0 Å². The molecule has 0 atom stereocenters. The van der Waals surface area contributed by atoms with Gasteiger partial charge in [-0.3, -0.25) is 9.69 Å². The molecule has 1 saturated heterocycles. The van der Waals surface area contributed by atoms with Crippen molar-refractivity contribution in [1.82, 2.24) is 10.2 Å². The maximum absolute atomic E-state index is 10.9. The van der Waals surface area contributed by atoms with Gasteiger partial charge in [0.05, 0.1) is 13.2 Å². The minimum atomic E-state index is 0.112. The van der Waals surface area contributed by atoms with Gasteiger partial charge in [0.25, 0.3) is 0 Å². The summed E-state index contributed by atoms with van der Waals surface area (Å²) in [5, 5.41) is 2.61. The summed E-state index contributed by atoms with van der Waals surface area (Å²) in [7, 11) is 1.67. The Kier molecular flexibility index (Phi) is 4.04. The number of ether oxygens (including phenoxy) is 1. The molecule has 0 aliphatic carbocycles. The molecule has 1 heterocycles. The van der Waals surface area contributed by atoms with Crippen LogP contribution in [0.1, 0.15) is 6.42 Å². The van der Waals surface area contributed by atoms with E-state index in [4.69, 9.17) is 4.74 Å². The van der Waals surface area contributed by atoms with E-state index in [1.807, 2.05) is 0 Å². The Hall–Kier alpha value is -0.610. The predicted molar refractivity (Wildman–Crippen MR) is 45.9 cm³/mol. The SMILES string of the molecule is CNC(=O)CCN1CCOCC1. The molecule has 1 aliphatic rings. The fourth-order valence-corrected chi connectivity index (χ4v) is 1.21. The van der Waals surface area contributed by atoms with Gasteiger partial charge < -0.3 is 10.1 Å². The summed E-state index contributed by atoms with van der Waals surface area (Å²) in [6.07, 6.45) is 0.594. The molecular formula is C8H16N2O2. The maximum Gasteiger partial charge on any atom is 0.221 e. The molecule has 0 aromatic heterocycles. The quantitative estimate of drug-likeness (QED) is 0.621. The molecule has 1 amide bonds. The zero-order chi connectivity index (χ0) is 8.81. The Bertz CT molecular complexity index is 144. The number of nitrogens with one attached hydrogen (secondary N) is 1. The summed E-state index contributed by atoms with van der Waals surface area (Å²) in [5.74, 6) is 0.112. The van der Waals surface area contributed by atoms with E-state index in [9.17, 15) is 4.79 Å². The standard InChI is InChI=1S/C8H16N2O2/c1-9-8(11)2-3-10-4-6-12-7-5-10/h2-7H2,1H3,(H,9,11). The first-order chi connectivity index (χ1) is 5.83. The van der Waals surface area contributed by atoms with Gasteiger partial charge in [-0.05, 0) is 0 Å². The molecule has 0 aromatic carbocycles. The number of hydrogen-bond donors (Lipinski definition) is 1. The predicted octanol–water partition coefficient (Wildman–Crippen LogP) is -0.545. The fraction of sp³-hybridized carbons (Fsp3) is 0.875. The van der Waals surface area contributed by atoms with Crippen LogP contribution in [0.25, 0.3) is 0 Å². The van der Waals surface area contributed by atoms with Crippen molar-refractivity contribution >= 4 is 5.91 Å². The molecule has 0 aromatic rings. The van der Waals surface area contributed by atoms with Crippen LogP contribution in [0.3, 0.4) is 0 Å². The number of nitrogens with zero attached hydrogens (tertiary/aromatic N) is 1. The van der Waals surface area contributed by atoms with Crippen molar-refractivity contribution in [2.75, 3.05) is 39.9 Å². The molecule has 1 rings (SSSR count). The van der Waals surface area contributed by atoms with Crippen LogP contribution in [-0.4, -0.2) is 50.7 Å².